The molecule has 5 heteroatoms. The first-order chi connectivity index (χ1) is 14.9. The van der Waals surface area contributed by atoms with E-state index in [1.807, 2.05) is 13.8 Å². The fourth-order valence-electron chi connectivity index (χ4n) is 8.30. The van der Waals surface area contributed by atoms with Gasteiger partial charge in [-0.05, 0) is 79.4 Å². The Balaban J connectivity index is 1.64. The number of aliphatic hydroxyl groups is 4. The topological polar surface area (TPSA) is 98.0 Å². The van der Waals surface area contributed by atoms with Crippen molar-refractivity contribution >= 4 is 5.78 Å². The lowest BCUT2D eigenvalue weighted by Gasteiger charge is -2.59. The molecule has 0 saturated heterocycles. The minimum Gasteiger partial charge on any atom is -0.393 e. The smallest absolute Gasteiger partial charge is 0.159 e. The first kappa shape index (κ1) is 24.4. The summed E-state index contributed by atoms with van der Waals surface area (Å²) in [7, 11) is 0. The molecule has 10 atom stereocenters. The van der Waals surface area contributed by atoms with E-state index in [0.29, 0.717) is 25.2 Å². The normalized spacial score (nSPS) is 46.0. The summed E-state index contributed by atoms with van der Waals surface area (Å²) in [5, 5.41) is 42.4. The van der Waals surface area contributed by atoms with E-state index < -0.39 is 18.3 Å². The van der Waals surface area contributed by atoms with E-state index >= 15 is 0 Å². The second-order valence-corrected chi connectivity index (χ2v) is 12.4. The zero-order valence-corrected chi connectivity index (χ0v) is 20.6. The van der Waals surface area contributed by atoms with Crippen molar-refractivity contribution in [2.75, 3.05) is 0 Å². The molecule has 0 bridgehead atoms. The zero-order chi connectivity index (χ0) is 23.6. The Kier molecular flexibility index (Phi) is 6.46. The summed E-state index contributed by atoms with van der Waals surface area (Å²) >= 11 is 0. The van der Waals surface area contributed by atoms with Crippen LogP contribution in [-0.4, -0.2) is 50.6 Å². The Labute approximate surface area is 193 Å². The van der Waals surface area contributed by atoms with Gasteiger partial charge in [-0.25, -0.2) is 0 Å². The summed E-state index contributed by atoms with van der Waals surface area (Å²) in [6, 6.07) is 0. The van der Waals surface area contributed by atoms with Gasteiger partial charge >= 0.3 is 0 Å². The first-order valence-corrected chi connectivity index (χ1v) is 12.9. The Morgan fingerprint density at radius 2 is 1.66 bits per heavy atom. The molecule has 0 aromatic carbocycles. The summed E-state index contributed by atoms with van der Waals surface area (Å²) in [6.45, 7) is 10.8. The molecule has 0 amide bonds. The SMILES string of the molecule is CC(C)[C@@H](O)CC[C@@H](C)[C@H]1CC(=O)C2=C3C[C@H](O)C4[C@@H](O)[C@@H](O)CC[C@]4(C)[C@H]3CC[C@@]21C. The van der Waals surface area contributed by atoms with Gasteiger partial charge in [0.1, 0.15) is 0 Å². The van der Waals surface area contributed by atoms with E-state index in [-0.39, 0.29) is 46.4 Å². The number of Topliss-reactive ketones (excluding diaryl/α,β-unsaturated/α-hetero) is 1. The van der Waals surface area contributed by atoms with E-state index in [0.717, 1.165) is 43.3 Å². The average Bonchev–Trinajstić information content (AvgIpc) is 2.99. The van der Waals surface area contributed by atoms with Crippen molar-refractivity contribution in [3.63, 3.8) is 0 Å². The van der Waals surface area contributed by atoms with Gasteiger partial charge in [0.15, 0.2) is 5.78 Å². The highest BCUT2D eigenvalue weighted by Crippen LogP contribution is 2.65. The van der Waals surface area contributed by atoms with Crippen molar-refractivity contribution in [3.8, 4) is 0 Å². The number of carbonyl (C=O) groups excluding carboxylic acids is 1. The molecule has 4 N–H and O–H groups in total. The van der Waals surface area contributed by atoms with Crippen LogP contribution in [0.3, 0.4) is 0 Å². The highest BCUT2D eigenvalue weighted by Gasteiger charge is 2.61. The number of fused-ring (bicyclic) bond motifs is 4. The average molecular weight is 449 g/mol. The van der Waals surface area contributed by atoms with Crippen LogP contribution in [-0.2, 0) is 4.79 Å². The molecule has 4 aliphatic carbocycles. The van der Waals surface area contributed by atoms with Crippen LogP contribution in [0.4, 0.5) is 0 Å². The van der Waals surface area contributed by atoms with Crippen LogP contribution in [0.25, 0.3) is 0 Å². The van der Waals surface area contributed by atoms with Crippen LogP contribution in [0.15, 0.2) is 11.1 Å². The Hall–Kier alpha value is -0.750. The second kappa shape index (κ2) is 8.48. The van der Waals surface area contributed by atoms with Gasteiger partial charge in [-0.3, -0.25) is 4.79 Å². The summed E-state index contributed by atoms with van der Waals surface area (Å²) < 4.78 is 0. The molecule has 3 fully saturated rings. The molecule has 3 saturated carbocycles. The molecule has 1 unspecified atom stereocenters. The summed E-state index contributed by atoms with van der Waals surface area (Å²) in [5.74, 6) is 0.988. The maximum absolute atomic E-state index is 13.4. The van der Waals surface area contributed by atoms with Crippen LogP contribution in [0.5, 0.6) is 0 Å². The number of rotatable bonds is 5. The largest absolute Gasteiger partial charge is 0.393 e. The monoisotopic (exact) mass is 448 g/mol. The van der Waals surface area contributed by atoms with Gasteiger partial charge in [0.2, 0.25) is 0 Å². The number of hydrogen-bond donors (Lipinski definition) is 4. The van der Waals surface area contributed by atoms with Crippen molar-refractivity contribution < 1.29 is 25.2 Å². The maximum atomic E-state index is 13.4. The van der Waals surface area contributed by atoms with Gasteiger partial charge < -0.3 is 20.4 Å². The van der Waals surface area contributed by atoms with Crippen molar-refractivity contribution in [2.45, 2.75) is 110 Å². The number of aliphatic hydroxyl groups excluding tert-OH is 4. The lowest BCUT2D eigenvalue weighted by Crippen LogP contribution is -2.59. The third-order valence-corrected chi connectivity index (χ3v) is 10.3. The van der Waals surface area contributed by atoms with Crippen molar-refractivity contribution in [3.05, 3.63) is 11.1 Å². The second-order valence-electron chi connectivity index (χ2n) is 12.4. The van der Waals surface area contributed by atoms with Crippen molar-refractivity contribution in [2.24, 2.45) is 40.4 Å². The standard InChI is InChI=1S/C27H44O5/c1-14(2)19(28)7-6-15(3)18-13-22(31)23-16-12-21(30)24-25(32)20(29)9-11-26(24,4)17(16)8-10-27(18,23)5/h14-15,17-21,24-25,28-30,32H,6-13H2,1-5H3/t15-,17+,18-,19+,20+,21+,24?,25+,26-,27-/m1/s1. The number of hydrogen-bond acceptors (Lipinski definition) is 5. The highest BCUT2D eigenvalue weighted by atomic mass is 16.3. The van der Waals surface area contributed by atoms with Crippen LogP contribution >= 0.6 is 0 Å². The van der Waals surface area contributed by atoms with Gasteiger partial charge in [0.05, 0.1) is 24.4 Å². The fourth-order valence-corrected chi connectivity index (χ4v) is 8.30. The van der Waals surface area contributed by atoms with Crippen LogP contribution < -0.4 is 0 Å². The van der Waals surface area contributed by atoms with Gasteiger partial charge in [-0.2, -0.15) is 0 Å². The Morgan fingerprint density at radius 3 is 2.31 bits per heavy atom. The van der Waals surface area contributed by atoms with Crippen LogP contribution in [0.1, 0.15) is 86.0 Å². The first-order valence-electron chi connectivity index (χ1n) is 12.9. The van der Waals surface area contributed by atoms with E-state index in [1.165, 1.54) is 0 Å². The van der Waals surface area contributed by atoms with E-state index in [9.17, 15) is 25.2 Å². The number of ketones is 1. The molecular formula is C27H44O5. The lowest BCUT2D eigenvalue weighted by atomic mass is 9.47. The summed E-state index contributed by atoms with van der Waals surface area (Å²) in [6.07, 6.45) is 3.26. The predicted molar refractivity (Wildman–Crippen MR) is 124 cm³/mol. The third-order valence-electron chi connectivity index (χ3n) is 10.3. The summed E-state index contributed by atoms with van der Waals surface area (Å²) in [4.78, 5) is 13.4. The van der Waals surface area contributed by atoms with E-state index in [1.54, 1.807) is 0 Å². The predicted octanol–water partition coefficient (Wildman–Crippen LogP) is 3.62. The van der Waals surface area contributed by atoms with E-state index in [2.05, 4.69) is 20.8 Å². The molecular weight excluding hydrogens is 404 g/mol. The molecule has 182 valence electrons. The van der Waals surface area contributed by atoms with E-state index in [4.69, 9.17) is 0 Å². The molecule has 0 spiro atoms. The molecule has 0 radical (unpaired) electrons. The Morgan fingerprint density at radius 1 is 0.969 bits per heavy atom. The van der Waals surface area contributed by atoms with Gasteiger partial charge in [-0.15, -0.1) is 0 Å². The number of allylic oxidation sites excluding steroid dienone is 1. The van der Waals surface area contributed by atoms with Gasteiger partial charge in [-0.1, -0.05) is 40.2 Å². The lowest BCUT2D eigenvalue weighted by molar-refractivity contribution is -0.166. The quantitative estimate of drug-likeness (QED) is 0.515. The third kappa shape index (κ3) is 3.62. The number of carbonyl (C=O) groups is 1. The molecule has 5 nitrogen and oxygen atoms in total. The maximum Gasteiger partial charge on any atom is 0.159 e. The zero-order valence-electron chi connectivity index (χ0n) is 20.6. The van der Waals surface area contributed by atoms with Crippen LogP contribution in [0.2, 0.25) is 0 Å². The fraction of sp³-hybridized carbons (Fsp3) is 0.889. The minimum absolute atomic E-state index is 0.166. The van der Waals surface area contributed by atoms with Crippen molar-refractivity contribution in [1.82, 2.24) is 0 Å². The minimum atomic E-state index is -0.900. The molecule has 32 heavy (non-hydrogen) atoms. The van der Waals surface area contributed by atoms with Gasteiger partial charge in [0, 0.05) is 17.9 Å². The molecule has 0 aliphatic heterocycles. The van der Waals surface area contributed by atoms with Gasteiger partial charge in [0.25, 0.3) is 0 Å². The molecule has 0 aromatic heterocycles. The van der Waals surface area contributed by atoms with Crippen LogP contribution in [0, 0.1) is 40.4 Å². The molecule has 0 aromatic rings. The summed E-state index contributed by atoms with van der Waals surface area (Å²) in [5.41, 5.74) is 1.68. The molecule has 4 rings (SSSR count). The molecule has 0 heterocycles. The molecule has 4 aliphatic rings. The Bertz CT molecular complexity index is 774. The highest BCUT2D eigenvalue weighted by molar-refractivity contribution is 6.00. The van der Waals surface area contributed by atoms with Crippen molar-refractivity contribution in [1.29, 1.82) is 0 Å².